The Balaban J connectivity index is 1.91. The van der Waals surface area contributed by atoms with Crippen LogP contribution < -0.4 is 5.32 Å². The van der Waals surface area contributed by atoms with E-state index >= 15 is 0 Å². The van der Waals surface area contributed by atoms with Gasteiger partial charge in [0.2, 0.25) is 5.91 Å². The van der Waals surface area contributed by atoms with Crippen molar-refractivity contribution in [3.63, 3.8) is 0 Å². The Morgan fingerprint density at radius 3 is 2.55 bits per heavy atom. The number of thioether (sulfide) groups is 1. The quantitative estimate of drug-likeness (QED) is 0.621. The first-order valence-corrected chi connectivity index (χ1v) is 10.0. The molecule has 150 valence electrons. The Bertz CT molecular complexity index is 1020. The number of amides is 2. The molecule has 0 fully saturated rings. The summed E-state index contributed by atoms with van der Waals surface area (Å²) in [5.41, 5.74) is 4.05. The van der Waals surface area contributed by atoms with E-state index in [0.29, 0.717) is 11.0 Å². The highest BCUT2D eigenvalue weighted by Crippen LogP contribution is 2.28. The van der Waals surface area contributed by atoms with Gasteiger partial charge >= 0.3 is 6.09 Å². The van der Waals surface area contributed by atoms with Crippen molar-refractivity contribution in [2.75, 3.05) is 12.4 Å². The van der Waals surface area contributed by atoms with Crippen molar-refractivity contribution < 1.29 is 14.3 Å². The Hall–Kier alpha value is -3.20. The summed E-state index contributed by atoms with van der Waals surface area (Å²) < 4.78 is 6.62. The lowest BCUT2D eigenvalue weighted by Gasteiger charge is -2.12. The van der Waals surface area contributed by atoms with Gasteiger partial charge in [-0.05, 0) is 56.2 Å². The van der Waals surface area contributed by atoms with Crippen LogP contribution in [0.15, 0.2) is 47.9 Å². The van der Waals surface area contributed by atoms with Crippen molar-refractivity contribution in [3.05, 3.63) is 53.9 Å². The molecule has 0 saturated heterocycles. The monoisotopic (exact) mass is 411 g/mol. The number of alkyl carbamates (subject to hydrolysis) is 1. The second kappa shape index (κ2) is 9.33. The predicted octanol–water partition coefficient (Wildman–Crippen LogP) is 3.31. The highest BCUT2D eigenvalue weighted by molar-refractivity contribution is 7.99. The number of imide groups is 1. The fourth-order valence-corrected chi connectivity index (χ4v) is 3.35. The van der Waals surface area contributed by atoms with E-state index in [1.165, 1.54) is 17.3 Å². The summed E-state index contributed by atoms with van der Waals surface area (Å²) in [6.45, 7) is 5.95. The van der Waals surface area contributed by atoms with Crippen molar-refractivity contribution in [2.24, 2.45) is 0 Å². The molecule has 0 aliphatic rings. The molecule has 3 rings (SSSR count). The number of aromatic nitrogens is 4. The maximum atomic E-state index is 12.0. The van der Waals surface area contributed by atoms with E-state index in [0.717, 1.165) is 16.8 Å². The average Bonchev–Trinajstić information content (AvgIpc) is 3.13. The van der Waals surface area contributed by atoms with E-state index in [2.05, 4.69) is 20.5 Å². The SMILES string of the molecule is CCOC(=O)NC(=O)CSc1nnc(-c2ccncc2)n1-c1ccc(C)c(C)c1. The Morgan fingerprint density at radius 1 is 1.10 bits per heavy atom. The molecular formula is C20H21N5O3S. The van der Waals surface area contributed by atoms with Gasteiger partial charge in [0.15, 0.2) is 11.0 Å². The number of hydrogen-bond acceptors (Lipinski definition) is 7. The van der Waals surface area contributed by atoms with Crippen molar-refractivity contribution in [2.45, 2.75) is 25.9 Å². The van der Waals surface area contributed by atoms with Crippen LogP contribution >= 0.6 is 11.8 Å². The number of rotatable bonds is 6. The van der Waals surface area contributed by atoms with Crippen LogP contribution in [0.1, 0.15) is 18.1 Å². The number of ether oxygens (including phenoxy) is 1. The van der Waals surface area contributed by atoms with Crippen LogP contribution in [0.3, 0.4) is 0 Å². The summed E-state index contributed by atoms with van der Waals surface area (Å²) in [7, 11) is 0. The number of benzene rings is 1. The molecule has 9 heteroatoms. The first-order valence-electron chi connectivity index (χ1n) is 9.02. The highest BCUT2D eigenvalue weighted by Gasteiger charge is 2.18. The number of nitrogens with zero attached hydrogens (tertiary/aromatic N) is 4. The van der Waals surface area contributed by atoms with Gasteiger partial charge in [-0.25, -0.2) is 4.79 Å². The summed E-state index contributed by atoms with van der Waals surface area (Å²) in [4.78, 5) is 27.5. The summed E-state index contributed by atoms with van der Waals surface area (Å²) in [5, 5.41) is 11.3. The van der Waals surface area contributed by atoms with Crippen molar-refractivity contribution in [3.8, 4) is 17.1 Å². The van der Waals surface area contributed by atoms with E-state index < -0.39 is 12.0 Å². The molecule has 2 aromatic heterocycles. The second-order valence-corrected chi connectivity index (χ2v) is 7.15. The number of aryl methyl sites for hydroxylation is 2. The number of carbonyl (C=O) groups excluding carboxylic acids is 2. The maximum absolute atomic E-state index is 12.0. The molecule has 29 heavy (non-hydrogen) atoms. The number of nitrogens with one attached hydrogen (secondary N) is 1. The molecule has 0 bridgehead atoms. The number of pyridine rings is 1. The van der Waals surface area contributed by atoms with Gasteiger partial charge in [-0.2, -0.15) is 0 Å². The van der Waals surface area contributed by atoms with E-state index in [4.69, 9.17) is 4.74 Å². The molecule has 2 heterocycles. The molecule has 0 spiro atoms. The van der Waals surface area contributed by atoms with Crippen LogP contribution in [0.2, 0.25) is 0 Å². The normalized spacial score (nSPS) is 10.6. The van der Waals surface area contributed by atoms with Crippen LogP contribution in [0.5, 0.6) is 0 Å². The van der Waals surface area contributed by atoms with Gasteiger partial charge in [0.25, 0.3) is 0 Å². The van der Waals surface area contributed by atoms with Gasteiger partial charge in [-0.1, -0.05) is 17.8 Å². The van der Waals surface area contributed by atoms with Crippen molar-refractivity contribution >= 4 is 23.8 Å². The average molecular weight is 411 g/mol. The molecule has 3 aromatic rings. The zero-order valence-corrected chi connectivity index (χ0v) is 17.2. The maximum Gasteiger partial charge on any atom is 0.413 e. The molecule has 0 saturated carbocycles. The molecule has 2 amide bonds. The summed E-state index contributed by atoms with van der Waals surface area (Å²) in [5.74, 6) is 0.176. The molecule has 0 radical (unpaired) electrons. The zero-order chi connectivity index (χ0) is 20.8. The highest BCUT2D eigenvalue weighted by atomic mass is 32.2. The van der Waals surface area contributed by atoms with Crippen LogP contribution in [-0.4, -0.2) is 44.1 Å². The second-order valence-electron chi connectivity index (χ2n) is 6.20. The van der Waals surface area contributed by atoms with Crippen molar-refractivity contribution in [1.82, 2.24) is 25.1 Å². The summed E-state index contributed by atoms with van der Waals surface area (Å²) >= 11 is 1.19. The van der Waals surface area contributed by atoms with Gasteiger partial charge < -0.3 is 4.74 Å². The minimum absolute atomic E-state index is 0.00185. The molecule has 0 unspecified atom stereocenters. The minimum atomic E-state index is -0.758. The third-order valence-electron chi connectivity index (χ3n) is 4.17. The lowest BCUT2D eigenvalue weighted by Crippen LogP contribution is -2.32. The first kappa shape index (κ1) is 20.5. The summed E-state index contributed by atoms with van der Waals surface area (Å²) in [6, 6.07) is 9.76. The lowest BCUT2D eigenvalue weighted by molar-refractivity contribution is -0.117. The molecule has 0 aliphatic carbocycles. The van der Waals surface area contributed by atoms with Crippen LogP contribution in [-0.2, 0) is 9.53 Å². The van der Waals surface area contributed by atoms with Crippen LogP contribution in [0.25, 0.3) is 17.1 Å². The lowest BCUT2D eigenvalue weighted by atomic mass is 10.1. The molecule has 0 aliphatic heterocycles. The van der Waals surface area contributed by atoms with E-state index in [1.54, 1.807) is 19.3 Å². The number of carbonyl (C=O) groups is 2. The van der Waals surface area contributed by atoms with E-state index in [-0.39, 0.29) is 12.4 Å². The third kappa shape index (κ3) is 5.00. The predicted molar refractivity (Wildman–Crippen MR) is 110 cm³/mol. The van der Waals surface area contributed by atoms with Gasteiger partial charge in [-0.15, -0.1) is 10.2 Å². The molecular weight excluding hydrogens is 390 g/mol. The fraction of sp³-hybridized carbons (Fsp3) is 0.250. The smallest absolute Gasteiger partial charge is 0.413 e. The topological polar surface area (TPSA) is 99.0 Å². The fourth-order valence-electron chi connectivity index (χ4n) is 2.60. The molecule has 0 atom stereocenters. The minimum Gasteiger partial charge on any atom is -0.450 e. The summed E-state index contributed by atoms with van der Waals surface area (Å²) in [6.07, 6.45) is 2.62. The van der Waals surface area contributed by atoms with E-state index in [9.17, 15) is 9.59 Å². The number of hydrogen-bond donors (Lipinski definition) is 1. The van der Waals surface area contributed by atoms with Gasteiger partial charge in [-0.3, -0.25) is 19.7 Å². The third-order valence-corrected chi connectivity index (χ3v) is 5.10. The molecule has 1 N–H and O–H groups in total. The van der Waals surface area contributed by atoms with Gasteiger partial charge in [0, 0.05) is 18.0 Å². The standard InChI is InChI=1S/C20H21N5O3S/c1-4-28-20(27)22-17(26)12-29-19-24-23-18(15-7-9-21-10-8-15)25(19)16-6-5-13(2)14(3)11-16/h5-11H,4,12H2,1-3H3,(H,22,26,27). The Kier molecular flexibility index (Phi) is 6.61. The first-order chi connectivity index (χ1) is 14.0. The van der Waals surface area contributed by atoms with Gasteiger partial charge in [0.05, 0.1) is 18.0 Å². The molecule has 1 aromatic carbocycles. The Morgan fingerprint density at radius 2 is 1.86 bits per heavy atom. The van der Waals surface area contributed by atoms with Crippen LogP contribution in [0, 0.1) is 13.8 Å². The molecule has 8 nitrogen and oxygen atoms in total. The van der Waals surface area contributed by atoms with Crippen molar-refractivity contribution in [1.29, 1.82) is 0 Å². The zero-order valence-electron chi connectivity index (χ0n) is 16.4. The Labute approximate surface area is 172 Å². The largest absolute Gasteiger partial charge is 0.450 e. The van der Waals surface area contributed by atoms with Crippen LogP contribution in [0.4, 0.5) is 4.79 Å². The van der Waals surface area contributed by atoms with Gasteiger partial charge in [0.1, 0.15) is 0 Å². The van der Waals surface area contributed by atoms with E-state index in [1.807, 2.05) is 48.7 Å².